The van der Waals surface area contributed by atoms with E-state index in [1.807, 2.05) is 0 Å². The number of carbonyl (C=O) groups excluding carboxylic acids is 1. The third-order valence-electron chi connectivity index (χ3n) is 2.45. The van der Waals surface area contributed by atoms with Crippen LogP contribution in [0.3, 0.4) is 0 Å². The van der Waals surface area contributed by atoms with E-state index in [4.69, 9.17) is 17.3 Å². The van der Waals surface area contributed by atoms with Gasteiger partial charge in [0.15, 0.2) is 0 Å². The first-order chi connectivity index (χ1) is 9.70. The average Bonchev–Trinajstić information content (AvgIpc) is 2.47. The van der Waals surface area contributed by atoms with Gasteiger partial charge in [-0.1, -0.05) is 23.4 Å². The van der Waals surface area contributed by atoms with Gasteiger partial charge in [-0.15, -0.1) is 0 Å². The van der Waals surface area contributed by atoms with Crippen LogP contribution in [0.4, 0.5) is 5.69 Å². The molecule has 20 heavy (non-hydrogen) atoms. The van der Waals surface area contributed by atoms with Crippen molar-refractivity contribution in [3.8, 4) is 11.8 Å². The molecule has 0 bridgehead atoms. The normalized spacial score (nSPS) is 9.50. The molecular formula is C15H12ClN3O. The Labute approximate surface area is 122 Å². The van der Waals surface area contributed by atoms with Crippen LogP contribution in [0.15, 0.2) is 42.6 Å². The molecule has 0 aliphatic carbocycles. The van der Waals surface area contributed by atoms with Gasteiger partial charge in [0.25, 0.3) is 5.91 Å². The van der Waals surface area contributed by atoms with E-state index < -0.39 is 0 Å². The molecule has 100 valence electrons. The Balaban J connectivity index is 2.23. The molecule has 2 aromatic rings. The lowest BCUT2D eigenvalue weighted by molar-refractivity contribution is 0.102. The number of nitrogens with two attached hydrogens (primary N) is 1. The number of hydrogen-bond acceptors (Lipinski definition) is 3. The molecule has 1 heterocycles. The minimum atomic E-state index is -0.325. The Morgan fingerprint density at radius 1 is 1.30 bits per heavy atom. The van der Waals surface area contributed by atoms with Gasteiger partial charge in [0.1, 0.15) is 5.69 Å². The van der Waals surface area contributed by atoms with Gasteiger partial charge in [0.05, 0.1) is 12.1 Å². The predicted octanol–water partition coefficient (Wildman–Crippen LogP) is 2.30. The molecule has 0 aliphatic heterocycles. The molecule has 0 unspecified atom stereocenters. The molecule has 4 nitrogen and oxygen atoms in total. The zero-order valence-corrected chi connectivity index (χ0v) is 11.3. The lowest BCUT2D eigenvalue weighted by Crippen LogP contribution is -2.15. The van der Waals surface area contributed by atoms with E-state index in [2.05, 4.69) is 22.1 Å². The van der Waals surface area contributed by atoms with E-state index in [0.717, 1.165) is 0 Å². The summed E-state index contributed by atoms with van der Waals surface area (Å²) >= 11 is 5.79. The van der Waals surface area contributed by atoms with Crippen molar-refractivity contribution >= 4 is 23.2 Å². The molecule has 2 rings (SSSR count). The smallest absolute Gasteiger partial charge is 0.275 e. The molecular weight excluding hydrogens is 274 g/mol. The van der Waals surface area contributed by atoms with Gasteiger partial charge in [-0.2, -0.15) is 0 Å². The Kier molecular flexibility index (Phi) is 4.72. The van der Waals surface area contributed by atoms with Gasteiger partial charge < -0.3 is 11.1 Å². The molecule has 1 amide bonds. The largest absolute Gasteiger partial charge is 0.321 e. The summed E-state index contributed by atoms with van der Waals surface area (Å²) in [5, 5.41) is 3.35. The lowest BCUT2D eigenvalue weighted by atomic mass is 10.2. The topological polar surface area (TPSA) is 68.0 Å². The van der Waals surface area contributed by atoms with Crippen LogP contribution in [0.1, 0.15) is 16.1 Å². The number of anilines is 1. The number of nitrogens with one attached hydrogen (secondary N) is 1. The standard InChI is InChI=1S/C15H12ClN3O/c16-12-5-7-13(8-6-12)19-15(20)14-11(3-1-9-17)4-2-10-18-14/h2,4-8,10H,9,17H2,(H,19,20). The predicted molar refractivity (Wildman–Crippen MR) is 79.6 cm³/mol. The van der Waals surface area contributed by atoms with Crippen LogP contribution in [0.5, 0.6) is 0 Å². The number of pyridine rings is 1. The fraction of sp³-hybridized carbons (Fsp3) is 0.0667. The Morgan fingerprint density at radius 3 is 2.75 bits per heavy atom. The molecule has 0 saturated carbocycles. The molecule has 0 saturated heterocycles. The Morgan fingerprint density at radius 2 is 2.05 bits per heavy atom. The van der Waals surface area contributed by atoms with Crippen LogP contribution in [-0.2, 0) is 0 Å². The number of halogens is 1. The summed E-state index contributed by atoms with van der Waals surface area (Å²) in [5.41, 5.74) is 6.79. The van der Waals surface area contributed by atoms with E-state index in [0.29, 0.717) is 16.3 Å². The highest BCUT2D eigenvalue weighted by Gasteiger charge is 2.11. The maximum absolute atomic E-state index is 12.2. The third kappa shape index (κ3) is 3.58. The van der Waals surface area contributed by atoms with Gasteiger partial charge in [0, 0.05) is 16.9 Å². The van der Waals surface area contributed by atoms with Crippen molar-refractivity contribution in [2.24, 2.45) is 5.73 Å². The van der Waals surface area contributed by atoms with Gasteiger partial charge >= 0.3 is 0 Å². The Bertz CT molecular complexity index is 672. The van der Waals surface area contributed by atoms with Crippen LogP contribution in [0, 0.1) is 11.8 Å². The van der Waals surface area contributed by atoms with E-state index in [1.165, 1.54) is 0 Å². The van der Waals surface area contributed by atoms with Crippen LogP contribution >= 0.6 is 11.6 Å². The highest BCUT2D eigenvalue weighted by Crippen LogP contribution is 2.14. The van der Waals surface area contributed by atoms with Gasteiger partial charge in [0.2, 0.25) is 0 Å². The van der Waals surface area contributed by atoms with Gasteiger partial charge in [-0.3, -0.25) is 4.79 Å². The molecule has 3 N–H and O–H groups in total. The summed E-state index contributed by atoms with van der Waals surface area (Å²) in [6.07, 6.45) is 1.55. The third-order valence-corrected chi connectivity index (χ3v) is 2.70. The van der Waals surface area contributed by atoms with Gasteiger partial charge in [-0.05, 0) is 36.4 Å². The van der Waals surface area contributed by atoms with Crippen molar-refractivity contribution in [3.63, 3.8) is 0 Å². The number of carbonyl (C=O) groups is 1. The number of amides is 1. The van der Waals surface area contributed by atoms with Crippen LogP contribution in [0.2, 0.25) is 5.02 Å². The van der Waals surface area contributed by atoms with E-state index in [-0.39, 0.29) is 18.1 Å². The van der Waals surface area contributed by atoms with Crippen molar-refractivity contribution in [2.75, 3.05) is 11.9 Å². The van der Waals surface area contributed by atoms with E-state index in [1.54, 1.807) is 42.6 Å². The maximum atomic E-state index is 12.2. The molecule has 0 fully saturated rings. The molecule has 5 heteroatoms. The number of rotatable bonds is 2. The van der Waals surface area contributed by atoms with Crippen LogP contribution in [0.25, 0.3) is 0 Å². The summed E-state index contributed by atoms with van der Waals surface area (Å²) in [6, 6.07) is 10.3. The molecule has 0 aliphatic rings. The number of benzene rings is 1. The second kappa shape index (κ2) is 6.71. The summed E-state index contributed by atoms with van der Waals surface area (Å²) in [6.45, 7) is 0.229. The first-order valence-electron chi connectivity index (χ1n) is 5.91. The maximum Gasteiger partial charge on any atom is 0.275 e. The van der Waals surface area contributed by atoms with Crippen LogP contribution < -0.4 is 11.1 Å². The highest BCUT2D eigenvalue weighted by atomic mass is 35.5. The van der Waals surface area contributed by atoms with Crippen LogP contribution in [-0.4, -0.2) is 17.4 Å². The SMILES string of the molecule is NCC#Cc1cccnc1C(=O)Nc1ccc(Cl)cc1. The van der Waals surface area contributed by atoms with E-state index >= 15 is 0 Å². The zero-order chi connectivity index (χ0) is 14.4. The number of aromatic nitrogens is 1. The van der Waals surface area contributed by atoms with Crippen molar-refractivity contribution in [2.45, 2.75) is 0 Å². The minimum Gasteiger partial charge on any atom is -0.321 e. The monoisotopic (exact) mass is 285 g/mol. The molecule has 0 spiro atoms. The molecule has 1 aromatic heterocycles. The van der Waals surface area contributed by atoms with Crippen molar-refractivity contribution < 1.29 is 4.79 Å². The average molecular weight is 286 g/mol. The van der Waals surface area contributed by atoms with Gasteiger partial charge in [-0.25, -0.2) is 4.98 Å². The molecule has 0 radical (unpaired) electrons. The Hall–Kier alpha value is -2.35. The van der Waals surface area contributed by atoms with Crippen molar-refractivity contribution in [1.29, 1.82) is 0 Å². The fourth-order valence-electron chi connectivity index (χ4n) is 1.56. The zero-order valence-electron chi connectivity index (χ0n) is 10.6. The number of nitrogens with zero attached hydrogens (tertiary/aromatic N) is 1. The summed E-state index contributed by atoms with van der Waals surface area (Å²) < 4.78 is 0. The fourth-order valence-corrected chi connectivity index (χ4v) is 1.68. The van der Waals surface area contributed by atoms with Crippen molar-refractivity contribution in [1.82, 2.24) is 4.98 Å². The first-order valence-corrected chi connectivity index (χ1v) is 6.29. The minimum absolute atomic E-state index is 0.229. The quantitative estimate of drug-likeness (QED) is 0.832. The summed E-state index contributed by atoms with van der Waals surface area (Å²) in [4.78, 5) is 16.2. The second-order valence-electron chi connectivity index (χ2n) is 3.87. The summed E-state index contributed by atoms with van der Waals surface area (Å²) in [7, 11) is 0. The highest BCUT2D eigenvalue weighted by molar-refractivity contribution is 6.30. The van der Waals surface area contributed by atoms with Crippen molar-refractivity contribution in [3.05, 3.63) is 58.9 Å². The molecule has 0 atom stereocenters. The molecule has 1 aromatic carbocycles. The first kappa shape index (κ1) is 14.1. The lowest BCUT2D eigenvalue weighted by Gasteiger charge is -2.06. The number of hydrogen-bond donors (Lipinski definition) is 2. The summed E-state index contributed by atoms with van der Waals surface area (Å²) in [5.74, 6) is 5.22. The second-order valence-corrected chi connectivity index (χ2v) is 4.30. The van der Waals surface area contributed by atoms with E-state index in [9.17, 15) is 4.79 Å².